The quantitative estimate of drug-likeness (QED) is 0.408. The number of nitrogens with one attached hydrogen (secondary N) is 2. The Morgan fingerprint density at radius 3 is 2.45 bits per heavy atom. The minimum atomic E-state index is -3.59. The maximum absolute atomic E-state index is 12.4. The van der Waals surface area contributed by atoms with Crippen LogP contribution in [0.5, 0.6) is 0 Å². The summed E-state index contributed by atoms with van der Waals surface area (Å²) in [5.41, 5.74) is 3.37. The van der Waals surface area contributed by atoms with Gasteiger partial charge < -0.3 is 14.6 Å². The number of hydrogen-bond donors (Lipinski definition) is 2. The maximum atomic E-state index is 12.4. The van der Waals surface area contributed by atoms with Gasteiger partial charge in [0.15, 0.2) is 0 Å². The van der Waals surface area contributed by atoms with Gasteiger partial charge in [0, 0.05) is 37.5 Å². The molecular weight excluding hydrogens is 440 g/mol. The number of ether oxygens (including phenoxy) is 1. The Kier molecular flexibility index (Phi) is 8.17. The molecule has 0 aliphatic rings. The Labute approximate surface area is 195 Å². The molecule has 0 aliphatic carbocycles. The van der Waals surface area contributed by atoms with Gasteiger partial charge in [-0.3, -0.25) is 0 Å². The molecule has 2 heterocycles. The summed E-state index contributed by atoms with van der Waals surface area (Å²) >= 11 is 0. The van der Waals surface area contributed by atoms with Crippen LogP contribution < -0.4 is 10.0 Å². The van der Waals surface area contributed by atoms with Crippen LogP contribution in [0.1, 0.15) is 45.3 Å². The highest BCUT2D eigenvalue weighted by Crippen LogP contribution is 2.28. The molecule has 0 saturated heterocycles. The molecule has 9 nitrogen and oxygen atoms in total. The summed E-state index contributed by atoms with van der Waals surface area (Å²) in [6, 6.07) is 8.58. The van der Waals surface area contributed by atoms with Crippen LogP contribution in [0.25, 0.3) is 11.4 Å². The molecule has 0 atom stereocenters. The monoisotopic (exact) mass is 472 g/mol. The number of aromatic nitrogens is 4. The molecule has 3 aromatic rings. The highest BCUT2D eigenvalue weighted by atomic mass is 32.2. The van der Waals surface area contributed by atoms with Gasteiger partial charge in [0.2, 0.25) is 16.0 Å². The first-order valence-corrected chi connectivity index (χ1v) is 12.6. The van der Waals surface area contributed by atoms with E-state index in [9.17, 15) is 8.42 Å². The van der Waals surface area contributed by atoms with E-state index in [1.54, 1.807) is 30.5 Å². The third-order valence-electron chi connectivity index (χ3n) is 5.05. The van der Waals surface area contributed by atoms with Crippen LogP contribution >= 0.6 is 0 Å². The first-order chi connectivity index (χ1) is 15.8. The van der Waals surface area contributed by atoms with Crippen LogP contribution in [-0.4, -0.2) is 47.7 Å². The molecule has 0 radical (unpaired) electrons. The van der Waals surface area contributed by atoms with Crippen LogP contribution in [0.4, 0.5) is 11.6 Å². The smallest absolute Gasteiger partial charge is 0.240 e. The average molecular weight is 473 g/mol. The van der Waals surface area contributed by atoms with E-state index in [2.05, 4.69) is 40.4 Å². The minimum Gasteiger partial charge on any atom is -0.380 e. The van der Waals surface area contributed by atoms with Crippen molar-refractivity contribution >= 4 is 21.7 Å². The van der Waals surface area contributed by atoms with Crippen molar-refractivity contribution in [1.82, 2.24) is 24.2 Å². The fraction of sp³-hybridized carbons (Fsp3) is 0.435. The van der Waals surface area contributed by atoms with E-state index in [0.717, 1.165) is 29.3 Å². The lowest BCUT2D eigenvalue weighted by molar-refractivity contribution is 0.153. The lowest BCUT2D eigenvalue weighted by Gasteiger charge is -2.15. The minimum absolute atomic E-state index is 0.183. The molecule has 0 spiro atoms. The van der Waals surface area contributed by atoms with Crippen molar-refractivity contribution in [3.05, 3.63) is 48.0 Å². The summed E-state index contributed by atoms with van der Waals surface area (Å²) in [6.07, 6.45) is 2.54. The molecule has 2 aromatic heterocycles. The topological polar surface area (TPSA) is 111 Å². The van der Waals surface area contributed by atoms with Crippen LogP contribution in [0.3, 0.4) is 0 Å². The van der Waals surface area contributed by atoms with Gasteiger partial charge in [-0.2, -0.15) is 0 Å². The van der Waals surface area contributed by atoms with E-state index in [4.69, 9.17) is 14.7 Å². The Hall–Kier alpha value is -2.82. The number of imidazole rings is 1. The van der Waals surface area contributed by atoms with Crippen molar-refractivity contribution in [2.45, 2.75) is 52.0 Å². The Balaban J connectivity index is 1.79. The van der Waals surface area contributed by atoms with Crippen molar-refractivity contribution < 1.29 is 13.2 Å². The predicted octanol–water partition coefficient (Wildman–Crippen LogP) is 3.85. The largest absolute Gasteiger partial charge is 0.380 e. The van der Waals surface area contributed by atoms with Gasteiger partial charge in [0.25, 0.3) is 0 Å². The summed E-state index contributed by atoms with van der Waals surface area (Å²) in [5, 5.41) is 3.15. The van der Waals surface area contributed by atoms with Crippen LogP contribution in [0.15, 0.2) is 41.4 Å². The maximum Gasteiger partial charge on any atom is 0.240 e. The number of aryl methyl sites for hydroxylation is 2. The van der Waals surface area contributed by atoms with Gasteiger partial charge in [-0.15, -0.1) is 0 Å². The number of anilines is 2. The van der Waals surface area contributed by atoms with Crippen LogP contribution in [0, 0.1) is 6.92 Å². The van der Waals surface area contributed by atoms with Crippen LogP contribution in [0.2, 0.25) is 0 Å². The number of sulfonamides is 1. The summed E-state index contributed by atoms with van der Waals surface area (Å²) in [7, 11) is -3.59. The van der Waals surface area contributed by atoms with Gasteiger partial charge in [-0.25, -0.2) is 28.1 Å². The van der Waals surface area contributed by atoms with E-state index in [0.29, 0.717) is 24.8 Å². The molecule has 178 valence electrons. The molecule has 33 heavy (non-hydrogen) atoms. The number of nitrogens with zero attached hydrogens (tertiary/aromatic N) is 4. The highest BCUT2D eigenvalue weighted by molar-refractivity contribution is 7.89. The lowest BCUT2D eigenvalue weighted by Crippen LogP contribution is -2.27. The summed E-state index contributed by atoms with van der Waals surface area (Å²) in [6.45, 7) is 11.3. The second-order valence-electron chi connectivity index (χ2n) is 7.79. The molecule has 0 aliphatic heterocycles. The molecule has 0 unspecified atom stereocenters. The third-order valence-corrected chi connectivity index (χ3v) is 6.53. The second-order valence-corrected chi connectivity index (χ2v) is 9.56. The first-order valence-electron chi connectivity index (χ1n) is 11.1. The van der Waals surface area contributed by atoms with Crippen molar-refractivity contribution in [2.24, 2.45) is 0 Å². The van der Waals surface area contributed by atoms with Gasteiger partial charge in [-0.05, 0) is 58.0 Å². The zero-order chi connectivity index (χ0) is 24.0. The normalized spacial score (nSPS) is 11.8. The summed E-state index contributed by atoms with van der Waals surface area (Å²) in [5.74, 6) is 1.45. The fourth-order valence-electron chi connectivity index (χ4n) is 3.59. The van der Waals surface area contributed by atoms with E-state index >= 15 is 0 Å². The molecule has 3 rings (SSSR count). The summed E-state index contributed by atoms with van der Waals surface area (Å²) in [4.78, 5) is 13.9. The molecule has 0 fully saturated rings. The molecule has 10 heteroatoms. The Morgan fingerprint density at radius 1 is 1.09 bits per heavy atom. The molecule has 0 bridgehead atoms. The number of rotatable bonds is 11. The number of benzene rings is 1. The van der Waals surface area contributed by atoms with Gasteiger partial charge >= 0.3 is 0 Å². The molecule has 2 N–H and O–H groups in total. The second kappa shape index (κ2) is 10.9. The van der Waals surface area contributed by atoms with E-state index in [1.807, 2.05) is 19.9 Å². The summed E-state index contributed by atoms with van der Waals surface area (Å²) < 4.78 is 34.7. The molecular formula is C23H32N6O3S. The number of hydrogen-bond acceptors (Lipinski definition) is 7. The molecule has 1 aromatic carbocycles. The van der Waals surface area contributed by atoms with Gasteiger partial charge in [0.1, 0.15) is 5.82 Å². The van der Waals surface area contributed by atoms with E-state index in [-0.39, 0.29) is 17.5 Å². The zero-order valence-electron chi connectivity index (χ0n) is 19.8. The predicted molar refractivity (Wildman–Crippen MR) is 129 cm³/mol. The van der Waals surface area contributed by atoms with Crippen LogP contribution in [-0.2, 0) is 21.2 Å². The Morgan fingerprint density at radius 2 is 1.82 bits per heavy atom. The van der Waals surface area contributed by atoms with Gasteiger partial charge in [-0.1, -0.05) is 6.92 Å². The Bertz CT molecular complexity index is 1170. The third kappa shape index (κ3) is 5.95. The van der Waals surface area contributed by atoms with E-state index < -0.39 is 10.0 Å². The standard InChI is InChI=1S/C23H32N6O3S/c1-6-21-26-17(5)22(29(21)16(3)4)20-12-13-24-23(28-20)27-18-8-10-19(11-9-18)33(30,31)25-14-15-32-7-2/h8-13,16,25H,6-7,14-15H2,1-5H3,(H,24,27,28). The highest BCUT2D eigenvalue weighted by Gasteiger charge is 2.19. The average Bonchev–Trinajstić information content (AvgIpc) is 3.14. The van der Waals surface area contributed by atoms with E-state index in [1.165, 1.54) is 0 Å². The van der Waals surface area contributed by atoms with Crippen molar-refractivity contribution in [2.75, 3.05) is 25.1 Å². The molecule has 0 amide bonds. The molecule has 0 saturated carbocycles. The first kappa shape index (κ1) is 24.8. The van der Waals surface area contributed by atoms with Crippen molar-refractivity contribution in [3.8, 4) is 11.4 Å². The van der Waals surface area contributed by atoms with Crippen molar-refractivity contribution in [3.63, 3.8) is 0 Å². The fourth-order valence-corrected chi connectivity index (χ4v) is 4.60. The SMILES string of the molecule is CCOCCNS(=O)(=O)c1ccc(Nc2nccc(-c3c(C)nc(CC)n3C(C)C)n2)cc1. The van der Waals surface area contributed by atoms with Crippen molar-refractivity contribution in [1.29, 1.82) is 0 Å². The zero-order valence-corrected chi connectivity index (χ0v) is 20.6. The van der Waals surface area contributed by atoms with Gasteiger partial charge in [0.05, 0.1) is 28.6 Å². The lowest BCUT2D eigenvalue weighted by atomic mass is 10.2.